The Kier molecular flexibility index (Phi) is 14.4. The molecular formula is H4ClNO3S. The average molecular weight is 134 g/mol. The van der Waals surface area contributed by atoms with Crippen molar-refractivity contribution in [3.05, 3.63) is 0 Å². The highest BCUT2D eigenvalue weighted by molar-refractivity contribution is 7.73. The maximum Gasteiger partial charge on any atom is 0.299 e. The smallest absolute Gasteiger partial charge is 0.284 e. The SMILES string of the molecule is NCl.O=S(O)O. The summed E-state index contributed by atoms with van der Waals surface area (Å²) < 4.78 is 22.8. The summed E-state index contributed by atoms with van der Waals surface area (Å²) in [6, 6.07) is 0. The summed E-state index contributed by atoms with van der Waals surface area (Å²) in [5, 5.41) is 3.97. The molecule has 0 aromatic carbocycles. The second kappa shape index (κ2) is 9.01. The third-order valence-corrected chi connectivity index (χ3v) is 0. The molecule has 0 saturated carbocycles. The molecule has 4 nitrogen and oxygen atoms in total. The van der Waals surface area contributed by atoms with Gasteiger partial charge in [0.15, 0.2) is 0 Å². The Balaban J connectivity index is 0. The minimum atomic E-state index is -2.61. The molecule has 0 aliphatic heterocycles. The summed E-state index contributed by atoms with van der Waals surface area (Å²) in [7, 11) is 0. The summed E-state index contributed by atoms with van der Waals surface area (Å²) in [5.74, 6) is 0. The van der Waals surface area contributed by atoms with Gasteiger partial charge in [0.2, 0.25) is 0 Å². The summed E-state index contributed by atoms with van der Waals surface area (Å²) in [5.41, 5.74) is 0. The van der Waals surface area contributed by atoms with E-state index in [-0.39, 0.29) is 0 Å². The van der Waals surface area contributed by atoms with E-state index in [1.807, 2.05) is 0 Å². The maximum absolute atomic E-state index is 8.67. The molecule has 0 aliphatic rings. The number of rotatable bonds is 0. The van der Waals surface area contributed by atoms with Crippen molar-refractivity contribution in [1.29, 1.82) is 0 Å². The van der Waals surface area contributed by atoms with E-state index in [2.05, 4.69) is 17.0 Å². The second-order valence-electron chi connectivity index (χ2n) is 0.231. The Morgan fingerprint density at radius 2 is 1.50 bits per heavy atom. The van der Waals surface area contributed by atoms with Gasteiger partial charge in [0.05, 0.1) is 0 Å². The standard InChI is InChI=1S/ClH2N.H2O3S/c1-2;1-4(2)3/h2H2;(H2,1,2,3). The largest absolute Gasteiger partial charge is 0.299 e. The van der Waals surface area contributed by atoms with Gasteiger partial charge in [-0.15, -0.1) is 0 Å². The Bertz CT molecular complexity index is 33.8. The van der Waals surface area contributed by atoms with E-state index in [1.165, 1.54) is 0 Å². The molecule has 0 radical (unpaired) electrons. The predicted octanol–water partition coefficient (Wildman–Crippen LogP) is -0.220. The third kappa shape index (κ3) is 465. The monoisotopic (exact) mass is 133 g/mol. The molecular weight excluding hydrogens is 130 g/mol. The van der Waals surface area contributed by atoms with E-state index >= 15 is 0 Å². The molecule has 6 heteroatoms. The summed E-state index contributed by atoms with van der Waals surface area (Å²) in [6.07, 6.45) is 0. The first kappa shape index (κ1) is 9.58. The number of nitrogens with two attached hydrogens (primary N) is 1. The van der Waals surface area contributed by atoms with Crippen molar-refractivity contribution >= 4 is 23.1 Å². The Morgan fingerprint density at radius 3 is 1.50 bits per heavy atom. The minimum Gasteiger partial charge on any atom is -0.284 e. The van der Waals surface area contributed by atoms with Crippen LogP contribution in [0.5, 0.6) is 0 Å². The first-order valence-corrected chi connectivity index (χ1v) is 2.25. The molecule has 0 aromatic heterocycles. The van der Waals surface area contributed by atoms with Gasteiger partial charge in [0.1, 0.15) is 0 Å². The van der Waals surface area contributed by atoms with Crippen LogP contribution in [0.3, 0.4) is 0 Å². The van der Waals surface area contributed by atoms with Crippen molar-refractivity contribution in [1.82, 2.24) is 0 Å². The molecule has 0 heterocycles. The van der Waals surface area contributed by atoms with Crippen LogP contribution < -0.4 is 5.25 Å². The van der Waals surface area contributed by atoms with Gasteiger partial charge in [-0.3, -0.25) is 9.11 Å². The first-order valence-electron chi connectivity index (χ1n) is 0.750. The molecule has 0 bridgehead atoms. The Hall–Kier alpha value is 0.320. The van der Waals surface area contributed by atoms with Crippen molar-refractivity contribution in [3.63, 3.8) is 0 Å². The quantitative estimate of drug-likeness (QED) is 0.315. The molecule has 0 rings (SSSR count). The Morgan fingerprint density at radius 1 is 1.50 bits per heavy atom. The van der Waals surface area contributed by atoms with Crippen molar-refractivity contribution in [3.8, 4) is 0 Å². The summed E-state index contributed by atoms with van der Waals surface area (Å²) in [6.45, 7) is 0. The van der Waals surface area contributed by atoms with Gasteiger partial charge < -0.3 is 0 Å². The summed E-state index contributed by atoms with van der Waals surface area (Å²) in [4.78, 5) is 0. The van der Waals surface area contributed by atoms with E-state index in [0.29, 0.717) is 0 Å². The minimum absolute atomic E-state index is 2.61. The lowest BCUT2D eigenvalue weighted by atomic mass is 14.0. The van der Waals surface area contributed by atoms with Gasteiger partial charge >= 0.3 is 0 Å². The maximum atomic E-state index is 8.67. The number of halogens is 1. The van der Waals surface area contributed by atoms with Crippen LogP contribution in [0.4, 0.5) is 0 Å². The molecule has 0 unspecified atom stereocenters. The first-order chi connectivity index (χ1) is 2.73. The van der Waals surface area contributed by atoms with Gasteiger partial charge in [-0.05, 0) is 11.8 Å². The second-order valence-corrected chi connectivity index (χ2v) is 0.692. The van der Waals surface area contributed by atoms with Crippen LogP contribution in [-0.4, -0.2) is 13.3 Å². The normalized spacial score (nSPS) is 6.83. The fraction of sp³-hybridized carbons (Fsp3) is 0. The van der Waals surface area contributed by atoms with Crippen LogP contribution in [0.2, 0.25) is 0 Å². The van der Waals surface area contributed by atoms with Gasteiger partial charge in [-0.25, -0.2) is 5.25 Å². The zero-order valence-electron chi connectivity index (χ0n) is 2.67. The van der Waals surface area contributed by atoms with Gasteiger partial charge in [-0.2, -0.15) is 4.21 Å². The molecule has 0 aromatic rings. The zero-order chi connectivity index (χ0) is 5.58. The van der Waals surface area contributed by atoms with E-state index in [9.17, 15) is 0 Å². The molecule has 4 N–H and O–H groups in total. The van der Waals surface area contributed by atoms with Crippen molar-refractivity contribution in [2.75, 3.05) is 0 Å². The number of hydrogen-bond donors (Lipinski definition) is 3. The topological polar surface area (TPSA) is 83.6 Å². The lowest BCUT2D eigenvalue weighted by Crippen LogP contribution is -1.74. The summed E-state index contributed by atoms with van der Waals surface area (Å²) >= 11 is 1.53. The highest BCUT2D eigenvalue weighted by Crippen LogP contribution is 1.44. The van der Waals surface area contributed by atoms with Gasteiger partial charge in [-0.1, -0.05) is 0 Å². The number of hydrogen-bond acceptors (Lipinski definition) is 2. The zero-order valence-corrected chi connectivity index (χ0v) is 4.24. The Labute approximate surface area is 42.5 Å². The van der Waals surface area contributed by atoms with Gasteiger partial charge in [0.25, 0.3) is 11.4 Å². The molecule has 0 fully saturated rings. The van der Waals surface area contributed by atoms with E-state index in [4.69, 9.17) is 13.3 Å². The van der Waals surface area contributed by atoms with Crippen LogP contribution in [0.25, 0.3) is 0 Å². The van der Waals surface area contributed by atoms with Crippen LogP contribution >= 0.6 is 11.8 Å². The van der Waals surface area contributed by atoms with Crippen molar-refractivity contribution in [2.45, 2.75) is 0 Å². The van der Waals surface area contributed by atoms with Crippen molar-refractivity contribution in [2.24, 2.45) is 5.25 Å². The fourth-order valence-electron chi connectivity index (χ4n) is 0. The lowest BCUT2D eigenvalue weighted by molar-refractivity contribution is 0.454. The van der Waals surface area contributed by atoms with Crippen molar-refractivity contribution < 1.29 is 13.3 Å². The fourth-order valence-corrected chi connectivity index (χ4v) is 0. The lowest BCUT2D eigenvalue weighted by Gasteiger charge is -1.59. The molecule has 6 heavy (non-hydrogen) atoms. The molecule has 0 atom stereocenters. The average Bonchev–Trinajstić information content (AvgIpc) is 1.41. The highest BCUT2D eigenvalue weighted by atomic mass is 35.5. The van der Waals surface area contributed by atoms with E-state index < -0.39 is 11.4 Å². The highest BCUT2D eigenvalue weighted by Gasteiger charge is 1.62. The molecule has 0 aliphatic carbocycles. The van der Waals surface area contributed by atoms with E-state index in [1.54, 1.807) is 0 Å². The predicted molar refractivity (Wildman–Crippen MR) is 23.4 cm³/mol. The van der Waals surface area contributed by atoms with Crippen LogP contribution in [0, 0.1) is 0 Å². The van der Waals surface area contributed by atoms with Crippen LogP contribution in [0.15, 0.2) is 0 Å². The van der Waals surface area contributed by atoms with Crippen LogP contribution in [0.1, 0.15) is 0 Å². The van der Waals surface area contributed by atoms with E-state index in [0.717, 1.165) is 0 Å². The molecule has 0 amide bonds. The van der Waals surface area contributed by atoms with Gasteiger partial charge in [0, 0.05) is 0 Å². The van der Waals surface area contributed by atoms with Crippen LogP contribution in [-0.2, 0) is 11.4 Å². The molecule has 0 spiro atoms. The molecule has 40 valence electrons. The molecule has 0 saturated heterocycles. The third-order valence-electron chi connectivity index (χ3n) is 0.